The zero-order chi connectivity index (χ0) is 24.2. The quantitative estimate of drug-likeness (QED) is 0.632. The van der Waals surface area contributed by atoms with Crippen LogP contribution in [0.15, 0.2) is 60.8 Å². The summed E-state index contributed by atoms with van der Waals surface area (Å²) in [6, 6.07) is 16.3. The summed E-state index contributed by atoms with van der Waals surface area (Å²) in [4.78, 5) is 45.0. The minimum absolute atomic E-state index is 0.0959. The number of fused-ring (bicyclic) bond motifs is 1. The van der Waals surface area contributed by atoms with Crippen LogP contribution >= 0.6 is 0 Å². The van der Waals surface area contributed by atoms with Crippen molar-refractivity contribution in [3.05, 3.63) is 72.2 Å². The summed E-state index contributed by atoms with van der Waals surface area (Å²) in [5, 5.41) is 12.8. The van der Waals surface area contributed by atoms with Crippen molar-refractivity contribution in [1.29, 1.82) is 5.26 Å². The average molecular weight is 459 g/mol. The molecular weight excluding hydrogens is 437 g/mol. The van der Waals surface area contributed by atoms with Gasteiger partial charge in [0.25, 0.3) is 5.91 Å². The second kappa shape index (κ2) is 9.67. The van der Waals surface area contributed by atoms with Gasteiger partial charge < -0.3 is 15.1 Å². The molecule has 1 fully saturated rings. The van der Waals surface area contributed by atoms with Crippen molar-refractivity contribution in [1.82, 2.24) is 14.8 Å². The molecule has 1 aliphatic rings. The van der Waals surface area contributed by atoms with Crippen LogP contribution in [0.5, 0.6) is 0 Å². The molecule has 172 valence electrons. The van der Waals surface area contributed by atoms with Crippen molar-refractivity contribution in [3.8, 4) is 6.07 Å². The van der Waals surface area contributed by atoms with Crippen LogP contribution in [0.1, 0.15) is 16.8 Å². The van der Waals surface area contributed by atoms with Crippen molar-refractivity contribution in [2.45, 2.75) is 12.5 Å². The van der Waals surface area contributed by atoms with Gasteiger partial charge in [-0.15, -0.1) is 0 Å². The van der Waals surface area contributed by atoms with Gasteiger partial charge in [-0.05, 0) is 42.8 Å². The van der Waals surface area contributed by atoms with E-state index in [1.165, 1.54) is 29.0 Å². The maximum absolute atomic E-state index is 13.5. The highest BCUT2D eigenvalue weighted by Crippen LogP contribution is 2.25. The number of hydrogen-bond donors (Lipinski definition) is 1. The Morgan fingerprint density at radius 3 is 2.71 bits per heavy atom. The number of rotatable bonds is 5. The van der Waals surface area contributed by atoms with Crippen molar-refractivity contribution in [2.24, 2.45) is 5.92 Å². The van der Waals surface area contributed by atoms with Gasteiger partial charge in [0.1, 0.15) is 11.9 Å². The molecule has 2 atom stereocenters. The number of para-hydroxylation sites is 1. The van der Waals surface area contributed by atoms with E-state index in [0.29, 0.717) is 16.6 Å². The summed E-state index contributed by atoms with van der Waals surface area (Å²) in [5.74, 6) is -2.15. The number of carbonyl (C=O) groups is 3. The molecular formula is C25H22FN5O3. The first-order chi connectivity index (χ1) is 16.4. The average Bonchev–Trinajstić information content (AvgIpc) is 3.28. The third-order valence-electron chi connectivity index (χ3n) is 5.80. The van der Waals surface area contributed by atoms with Crippen molar-refractivity contribution < 1.29 is 18.8 Å². The van der Waals surface area contributed by atoms with Crippen LogP contribution in [0.4, 0.5) is 10.1 Å². The second-order valence-corrected chi connectivity index (χ2v) is 8.20. The lowest BCUT2D eigenvalue weighted by Crippen LogP contribution is -2.43. The minimum Gasteiger partial charge on any atom is -0.332 e. The van der Waals surface area contributed by atoms with Gasteiger partial charge in [-0.1, -0.05) is 18.2 Å². The van der Waals surface area contributed by atoms with Crippen LogP contribution in [0.3, 0.4) is 0 Å². The molecule has 0 aliphatic carbocycles. The van der Waals surface area contributed by atoms with E-state index in [9.17, 15) is 24.0 Å². The predicted molar refractivity (Wildman–Crippen MR) is 123 cm³/mol. The van der Waals surface area contributed by atoms with Gasteiger partial charge in [0.2, 0.25) is 11.8 Å². The lowest BCUT2D eigenvalue weighted by molar-refractivity contribution is -0.131. The second-order valence-electron chi connectivity index (χ2n) is 8.20. The smallest absolute Gasteiger partial charge is 0.254 e. The Labute approximate surface area is 195 Å². The molecule has 4 rings (SSSR count). The van der Waals surface area contributed by atoms with Gasteiger partial charge in [0.15, 0.2) is 0 Å². The molecule has 0 bridgehead atoms. The Hall–Kier alpha value is -4.32. The van der Waals surface area contributed by atoms with Gasteiger partial charge >= 0.3 is 0 Å². The topological polar surface area (TPSA) is 106 Å². The number of likely N-dealkylation sites (N-methyl/N-ethyl adjacent to an activating group) is 1. The zero-order valence-electron chi connectivity index (χ0n) is 18.4. The number of nitrogens with zero attached hydrogens (tertiary/aromatic N) is 4. The number of likely N-dealkylation sites (tertiary alicyclic amines) is 1. The molecule has 0 saturated carbocycles. The van der Waals surface area contributed by atoms with Crippen LogP contribution in [0.2, 0.25) is 0 Å². The molecule has 2 heterocycles. The Kier molecular flexibility index (Phi) is 6.50. The fourth-order valence-electron chi connectivity index (χ4n) is 4.01. The molecule has 0 spiro atoms. The first-order valence-electron chi connectivity index (χ1n) is 10.7. The summed E-state index contributed by atoms with van der Waals surface area (Å²) < 4.78 is 13.5. The van der Waals surface area contributed by atoms with E-state index < -0.39 is 29.6 Å². The maximum Gasteiger partial charge on any atom is 0.254 e. The third-order valence-corrected chi connectivity index (χ3v) is 5.80. The number of carbonyl (C=O) groups excluding carboxylic acids is 3. The number of nitriles is 1. The number of aromatic nitrogens is 1. The number of halogens is 1. The van der Waals surface area contributed by atoms with E-state index in [2.05, 4.69) is 16.4 Å². The van der Waals surface area contributed by atoms with Crippen molar-refractivity contribution in [2.75, 3.05) is 25.5 Å². The fraction of sp³-hybridized carbons (Fsp3) is 0.240. The van der Waals surface area contributed by atoms with Gasteiger partial charge in [0.05, 0.1) is 30.2 Å². The normalized spacial score (nSPS) is 17.3. The molecule has 1 N–H and O–H groups in total. The van der Waals surface area contributed by atoms with Crippen LogP contribution in [-0.2, 0) is 9.59 Å². The van der Waals surface area contributed by atoms with Gasteiger partial charge in [-0.25, -0.2) is 4.39 Å². The zero-order valence-corrected chi connectivity index (χ0v) is 18.4. The summed E-state index contributed by atoms with van der Waals surface area (Å²) >= 11 is 0. The molecule has 8 nitrogen and oxygen atoms in total. The van der Waals surface area contributed by atoms with Crippen LogP contribution in [0, 0.1) is 23.1 Å². The van der Waals surface area contributed by atoms with E-state index in [1.54, 1.807) is 36.4 Å². The van der Waals surface area contributed by atoms with Crippen molar-refractivity contribution >= 4 is 34.3 Å². The minimum atomic E-state index is -0.753. The Balaban J connectivity index is 1.41. The molecule has 2 unspecified atom stereocenters. The summed E-state index contributed by atoms with van der Waals surface area (Å²) in [6.45, 7) is -0.165. The number of anilines is 1. The number of pyridine rings is 1. The van der Waals surface area contributed by atoms with Gasteiger partial charge in [-0.2, -0.15) is 5.26 Å². The van der Waals surface area contributed by atoms with Gasteiger partial charge in [0, 0.05) is 30.2 Å². The largest absolute Gasteiger partial charge is 0.332 e. The SMILES string of the molecule is CN(CC(=O)N1CC(C(=O)Nc2ccccc2)CC1C#N)C(=O)c1ccc2ncc(F)cc2c1. The van der Waals surface area contributed by atoms with E-state index >= 15 is 0 Å². The van der Waals surface area contributed by atoms with E-state index in [1.807, 2.05) is 6.07 Å². The molecule has 1 saturated heterocycles. The highest BCUT2D eigenvalue weighted by molar-refractivity contribution is 5.99. The van der Waals surface area contributed by atoms with Crippen molar-refractivity contribution in [3.63, 3.8) is 0 Å². The van der Waals surface area contributed by atoms with E-state index in [0.717, 1.165) is 6.20 Å². The summed E-state index contributed by atoms with van der Waals surface area (Å²) in [6.07, 6.45) is 1.32. The van der Waals surface area contributed by atoms with Gasteiger partial charge in [-0.3, -0.25) is 19.4 Å². The lowest BCUT2D eigenvalue weighted by Gasteiger charge is -2.24. The number of hydrogen-bond acceptors (Lipinski definition) is 5. The molecule has 3 aromatic rings. The Morgan fingerprint density at radius 2 is 1.97 bits per heavy atom. The number of nitrogens with one attached hydrogen (secondary N) is 1. The molecule has 0 radical (unpaired) electrons. The number of amides is 3. The first kappa shape index (κ1) is 22.9. The molecule has 1 aliphatic heterocycles. The lowest BCUT2D eigenvalue weighted by atomic mass is 10.1. The predicted octanol–water partition coefficient (Wildman–Crippen LogP) is 2.83. The maximum atomic E-state index is 13.5. The Bertz CT molecular complexity index is 1290. The highest BCUT2D eigenvalue weighted by atomic mass is 19.1. The summed E-state index contributed by atoms with van der Waals surface area (Å²) in [7, 11) is 1.48. The monoisotopic (exact) mass is 459 g/mol. The molecule has 9 heteroatoms. The Morgan fingerprint density at radius 1 is 1.21 bits per heavy atom. The fourth-order valence-corrected chi connectivity index (χ4v) is 4.01. The molecule has 1 aromatic heterocycles. The standard InChI is InChI=1S/C25H22FN5O3/c1-30(25(34)16-7-8-22-17(9-16)10-19(26)13-28-22)15-23(32)31-14-18(11-21(31)12-27)24(33)29-20-5-3-2-4-6-20/h2-10,13,18,21H,11,14-15H2,1H3,(H,29,33). The summed E-state index contributed by atoms with van der Waals surface area (Å²) in [5.41, 5.74) is 1.47. The highest BCUT2D eigenvalue weighted by Gasteiger charge is 2.39. The van der Waals surface area contributed by atoms with Crippen LogP contribution in [-0.4, -0.2) is 58.7 Å². The molecule has 2 aromatic carbocycles. The molecule has 3 amide bonds. The van der Waals surface area contributed by atoms with Crippen LogP contribution < -0.4 is 5.32 Å². The first-order valence-corrected chi connectivity index (χ1v) is 10.7. The molecule has 34 heavy (non-hydrogen) atoms. The number of benzene rings is 2. The van der Waals surface area contributed by atoms with E-state index in [4.69, 9.17) is 0 Å². The van der Waals surface area contributed by atoms with Crippen LogP contribution in [0.25, 0.3) is 10.9 Å². The van der Waals surface area contributed by atoms with E-state index in [-0.39, 0.29) is 31.0 Å². The third kappa shape index (κ3) is 4.86.